The predicted octanol–water partition coefficient (Wildman–Crippen LogP) is 2.07. The van der Waals surface area contributed by atoms with Crippen LogP contribution < -0.4 is 15.2 Å². The highest BCUT2D eigenvalue weighted by Crippen LogP contribution is 2.29. The summed E-state index contributed by atoms with van der Waals surface area (Å²) in [4.78, 5) is 0. The minimum absolute atomic E-state index is 0.529. The summed E-state index contributed by atoms with van der Waals surface area (Å²) in [5, 5.41) is 0. The first-order chi connectivity index (χ1) is 7.22. The molecule has 0 unspecified atom stereocenters. The molecule has 1 aromatic rings. The number of nitrogens with two attached hydrogens (primary N) is 1. The summed E-state index contributed by atoms with van der Waals surface area (Å²) in [5.41, 5.74) is 7.63. The molecular weight excluding hydrogens is 190 g/mol. The second-order valence-corrected chi connectivity index (χ2v) is 3.19. The van der Waals surface area contributed by atoms with Crippen molar-refractivity contribution in [1.82, 2.24) is 0 Å². The zero-order chi connectivity index (χ0) is 11.3. The van der Waals surface area contributed by atoms with Crippen molar-refractivity contribution >= 4 is 5.57 Å². The molecule has 0 spiro atoms. The number of methoxy groups -OCH3 is 2. The van der Waals surface area contributed by atoms with E-state index in [0.29, 0.717) is 6.54 Å². The van der Waals surface area contributed by atoms with E-state index in [4.69, 9.17) is 15.2 Å². The molecule has 1 rings (SSSR count). The zero-order valence-corrected chi connectivity index (χ0v) is 9.41. The van der Waals surface area contributed by atoms with Crippen LogP contribution in [-0.4, -0.2) is 20.8 Å². The van der Waals surface area contributed by atoms with Gasteiger partial charge in [0.15, 0.2) is 0 Å². The lowest BCUT2D eigenvalue weighted by Crippen LogP contribution is -1.96. The van der Waals surface area contributed by atoms with Crippen molar-refractivity contribution in [2.24, 2.45) is 5.73 Å². The number of rotatable bonds is 4. The first-order valence-electron chi connectivity index (χ1n) is 4.82. The van der Waals surface area contributed by atoms with E-state index in [1.165, 1.54) is 0 Å². The Hall–Kier alpha value is -1.48. The van der Waals surface area contributed by atoms with E-state index in [0.717, 1.165) is 22.6 Å². The van der Waals surface area contributed by atoms with Gasteiger partial charge < -0.3 is 15.2 Å². The first kappa shape index (κ1) is 11.6. The van der Waals surface area contributed by atoms with Gasteiger partial charge in [0.05, 0.1) is 14.2 Å². The number of hydrogen-bond acceptors (Lipinski definition) is 3. The van der Waals surface area contributed by atoms with Crippen LogP contribution in [-0.2, 0) is 0 Å². The molecule has 0 saturated heterocycles. The fourth-order valence-electron chi connectivity index (χ4n) is 1.41. The van der Waals surface area contributed by atoms with Crippen LogP contribution in [0, 0.1) is 0 Å². The van der Waals surface area contributed by atoms with Gasteiger partial charge in [-0.3, -0.25) is 0 Å². The molecule has 0 aliphatic rings. The average molecular weight is 207 g/mol. The molecule has 0 bridgehead atoms. The van der Waals surface area contributed by atoms with Gasteiger partial charge >= 0.3 is 0 Å². The molecule has 0 fully saturated rings. The van der Waals surface area contributed by atoms with Gasteiger partial charge in [-0.25, -0.2) is 0 Å². The molecule has 2 N–H and O–H groups in total. The third-order valence-electron chi connectivity index (χ3n) is 2.26. The van der Waals surface area contributed by atoms with Gasteiger partial charge in [-0.15, -0.1) is 0 Å². The van der Waals surface area contributed by atoms with Crippen molar-refractivity contribution < 1.29 is 9.47 Å². The fourth-order valence-corrected chi connectivity index (χ4v) is 1.41. The van der Waals surface area contributed by atoms with Crippen molar-refractivity contribution in [3.63, 3.8) is 0 Å². The minimum Gasteiger partial charge on any atom is -0.497 e. The Balaban J connectivity index is 3.13. The molecule has 3 nitrogen and oxygen atoms in total. The van der Waals surface area contributed by atoms with Crippen LogP contribution in [0.2, 0.25) is 0 Å². The van der Waals surface area contributed by atoms with Crippen LogP contribution in [0.3, 0.4) is 0 Å². The zero-order valence-electron chi connectivity index (χ0n) is 9.41. The maximum atomic E-state index is 5.47. The molecule has 15 heavy (non-hydrogen) atoms. The summed E-state index contributed by atoms with van der Waals surface area (Å²) in [6.45, 7) is 2.54. The summed E-state index contributed by atoms with van der Waals surface area (Å²) in [5.74, 6) is 1.59. The molecule has 0 radical (unpaired) electrons. The van der Waals surface area contributed by atoms with Gasteiger partial charge in [0.2, 0.25) is 0 Å². The van der Waals surface area contributed by atoms with E-state index in [1.54, 1.807) is 14.2 Å². The molecule has 0 atom stereocenters. The summed E-state index contributed by atoms with van der Waals surface area (Å²) >= 11 is 0. The fraction of sp³-hybridized carbons (Fsp3) is 0.333. The number of hydrogen-bond donors (Lipinski definition) is 1. The Morgan fingerprint density at radius 3 is 2.60 bits per heavy atom. The molecule has 0 amide bonds. The molecule has 3 heteroatoms. The largest absolute Gasteiger partial charge is 0.497 e. The van der Waals surface area contributed by atoms with E-state index < -0.39 is 0 Å². The molecule has 0 saturated carbocycles. The van der Waals surface area contributed by atoms with Crippen molar-refractivity contribution in [1.29, 1.82) is 0 Å². The third-order valence-corrected chi connectivity index (χ3v) is 2.26. The average Bonchev–Trinajstić information content (AvgIpc) is 2.28. The monoisotopic (exact) mass is 207 g/mol. The van der Waals surface area contributed by atoms with Gasteiger partial charge in [-0.2, -0.15) is 0 Å². The second kappa shape index (κ2) is 5.41. The Labute approximate surface area is 90.5 Å². The van der Waals surface area contributed by atoms with E-state index in [-0.39, 0.29) is 0 Å². The van der Waals surface area contributed by atoms with Crippen LogP contribution in [0.5, 0.6) is 11.5 Å². The lowest BCUT2D eigenvalue weighted by molar-refractivity contribution is 0.393. The van der Waals surface area contributed by atoms with Gasteiger partial charge in [0, 0.05) is 18.2 Å². The first-order valence-corrected chi connectivity index (χ1v) is 4.82. The molecule has 0 heterocycles. The highest BCUT2D eigenvalue weighted by atomic mass is 16.5. The van der Waals surface area contributed by atoms with E-state index >= 15 is 0 Å². The number of ether oxygens (including phenoxy) is 2. The SMILES string of the molecule is COc1ccc(C(C)=CCN)c(OC)c1. The van der Waals surface area contributed by atoms with E-state index in [2.05, 4.69) is 0 Å². The molecule has 0 aromatic heterocycles. The number of benzene rings is 1. The van der Waals surface area contributed by atoms with Crippen molar-refractivity contribution in [3.8, 4) is 11.5 Å². The molecule has 0 aliphatic heterocycles. The molecule has 0 aliphatic carbocycles. The highest BCUT2D eigenvalue weighted by molar-refractivity contribution is 5.70. The normalized spacial score (nSPS) is 11.3. The minimum atomic E-state index is 0.529. The maximum Gasteiger partial charge on any atom is 0.130 e. The van der Waals surface area contributed by atoms with E-state index in [9.17, 15) is 0 Å². The van der Waals surface area contributed by atoms with Crippen molar-refractivity contribution in [3.05, 3.63) is 29.8 Å². The summed E-state index contributed by atoms with van der Waals surface area (Å²) in [6, 6.07) is 5.74. The van der Waals surface area contributed by atoms with Crippen molar-refractivity contribution in [2.75, 3.05) is 20.8 Å². The second-order valence-electron chi connectivity index (χ2n) is 3.19. The Kier molecular flexibility index (Phi) is 4.18. The Morgan fingerprint density at radius 2 is 2.07 bits per heavy atom. The van der Waals surface area contributed by atoms with Crippen LogP contribution >= 0.6 is 0 Å². The Morgan fingerprint density at radius 1 is 1.33 bits per heavy atom. The lowest BCUT2D eigenvalue weighted by atomic mass is 10.1. The molecular formula is C12H17NO2. The smallest absolute Gasteiger partial charge is 0.130 e. The quantitative estimate of drug-likeness (QED) is 0.822. The van der Waals surface area contributed by atoms with Gasteiger partial charge in [-0.1, -0.05) is 6.08 Å². The van der Waals surface area contributed by atoms with Crippen molar-refractivity contribution in [2.45, 2.75) is 6.92 Å². The summed E-state index contributed by atoms with van der Waals surface area (Å²) in [6.07, 6.45) is 1.96. The maximum absolute atomic E-state index is 5.47. The highest BCUT2D eigenvalue weighted by Gasteiger charge is 2.05. The van der Waals surface area contributed by atoms with Crippen LogP contribution in [0.15, 0.2) is 24.3 Å². The molecule has 1 aromatic carbocycles. The van der Waals surface area contributed by atoms with Gasteiger partial charge in [-0.05, 0) is 24.6 Å². The topological polar surface area (TPSA) is 44.5 Å². The summed E-state index contributed by atoms with van der Waals surface area (Å²) < 4.78 is 10.4. The van der Waals surface area contributed by atoms with Gasteiger partial charge in [0.25, 0.3) is 0 Å². The third kappa shape index (κ3) is 2.73. The van der Waals surface area contributed by atoms with Crippen LogP contribution in [0.1, 0.15) is 12.5 Å². The van der Waals surface area contributed by atoms with Gasteiger partial charge in [0.1, 0.15) is 11.5 Å². The van der Waals surface area contributed by atoms with Crippen LogP contribution in [0.4, 0.5) is 0 Å². The van der Waals surface area contributed by atoms with Crippen LogP contribution in [0.25, 0.3) is 5.57 Å². The molecule has 82 valence electrons. The standard InChI is InChI=1S/C12H17NO2/c1-9(6-7-13)11-5-4-10(14-2)8-12(11)15-3/h4-6,8H,7,13H2,1-3H3. The lowest BCUT2D eigenvalue weighted by Gasteiger charge is -2.10. The predicted molar refractivity (Wildman–Crippen MR) is 62.3 cm³/mol. The Bertz CT molecular complexity index is 359. The van der Waals surface area contributed by atoms with E-state index in [1.807, 2.05) is 31.2 Å². The number of allylic oxidation sites excluding steroid dienone is 1. The summed E-state index contributed by atoms with van der Waals surface area (Å²) in [7, 11) is 3.28.